The van der Waals surface area contributed by atoms with E-state index in [1.54, 1.807) is 12.1 Å². The average molecular weight is 451 g/mol. The molecule has 0 fully saturated rings. The zero-order chi connectivity index (χ0) is 23.3. The highest BCUT2D eigenvalue weighted by molar-refractivity contribution is 7.90. The molecule has 0 aliphatic rings. The Morgan fingerprint density at radius 2 is 1.67 bits per heavy atom. The number of aryl methyl sites for hydroxylation is 1. The Balaban J connectivity index is 0.000000612. The van der Waals surface area contributed by atoms with Crippen LogP contribution in [0.3, 0.4) is 0 Å². The number of rotatable bonds is 10. The van der Waals surface area contributed by atoms with E-state index in [4.69, 9.17) is 25.5 Å². The Morgan fingerprint density at radius 1 is 1.10 bits per heavy atom. The minimum Gasteiger partial charge on any atom is -0.394 e. The lowest BCUT2D eigenvalue weighted by Crippen LogP contribution is -2.46. The fourth-order valence-corrected chi connectivity index (χ4v) is 2.86. The predicted octanol–water partition coefficient (Wildman–Crippen LogP) is -1.60. The van der Waals surface area contributed by atoms with Crippen LogP contribution in [0.15, 0.2) is 29.2 Å². The van der Waals surface area contributed by atoms with Gasteiger partial charge < -0.3 is 35.6 Å². The van der Waals surface area contributed by atoms with Gasteiger partial charge in [0.1, 0.15) is 24.4 Å². The highest BCUT2D eigenvalue weighted by atomic mass is 32.2. The molecule has 12 heteroatoms. The number of hydrogen-bond acceptors (Lipinski definition) is 9. The van der Waals surface area contributed by atoms with Gasteiger partial charge in [0.15, 0.2) is 6.29 Å². The number of carbonyl (C=O) groups excluding carboxylic acids is 2. The summed E-state index contributed by atoms with van der Waals surface area (Å²) < 4.78 is 25.6. The first-order valence-electron chi connectivity index (χ1n) is 9.15. The molecule has 4 atom stereocenters. The van der Waals surface area contributed by atoms with Crippen LogP contribution in [0.4, 0.5) is 4.79 Å². The lowest BCUT2D eigenvalue weighted by molar-refractivity contribution is -0.136. The van der Waals surface area contributed by atoms with Gasteiger partial charge >= 0.3 is 6.03 Å². The summed E-state index contributed by atoms with van der Waals surface area (Å²) in [6.45, 7) is 3.56. The Labute approximate surface area is 175 Å². The van der Waals surface area contributed by atoms with E-state index < -0.39 is 47.1 Å². The Hall–Kier alpha value is -2.09. The number of benzene rings is 1. The van der Waals surface area contributed by atoms with Gasteiger partial charge in [-0.2, -0.15) is 0 Å². The van der Waals surface area contributed by atoms with Gasteiger partial charge in [-0.05, 0) is 25.5 Å². The van der Waals surface area contributed by atoms with Crippen molar-refractivity contribution in [2.45, 2.75) is 56.0 Å². The Kier molecular flexibility index (Phi) is 13.0. The van der Waals surface area contributed by atoms with E-state index in [2.05, 4.69) is 5.32 Å². The van der Waals surface area contributed by atoms with Crippen LogP contribution in [0.2, 0.25) is 0 Å². The normalized spacial score (nSPS) is 15.0. The van der Waals surface area contributed by atoms with Crippen LogP contribution in [-0.2, 0) is 14.8 Å². The lowest BCUT2D eigenvalue weighted by Gasteiger charge is -2.22. The number of amides is 2. The van der Waals surface area contributed by atoms with Crippen molar-refractivity contribution >= 4 is 22.3 Å². The minimum absolute atomic E-state index is 0.0258. The standard InChI is InChI=1S/C12H18N2O3S.C6H12O6/c1-3-4-9-13-12(15)14-18(16,17)11-7-5-10(2)6-8-11;7-1-3(9)5(11)6(12)4(10)2-8/h5-8H,3-4,9H2,1-2H3,(H2,13,14,15);1,3-6,8-12H,2H2/t;3-,4+,5+,6+/m.0/s1. The highest BCUT2D eigenvalue weighted by Gasteiger charge is 2.29. The zero-order valence-electron chi connectivity index (χ0n) is 16.8. The predicted molar refractivity (Wildman–Crippen MR) is 107 cm³/mol. The van der Waals surface area contributed by atoms with Gasteiger partial charge in [-0.3, -0.25) is 0 Å². The summed E-state index contributed by atoms with van der Waals surface area (Å²) in [5.74, 6) is 0. The molecule has 0 spiro atoms. The van der Waals surface area contributed by atoms with Gasteiger partial charge in [0.05, 0.1) is 11.5 Å². The summed E-state index contributed by atoms with van der Waals surface area (Å²) in [4.78, 5) is 21.4. The molecule has 0 heterocycles. The second-order valence-corrected chi connectivity index (χ2v) is 8.07. The molecule has 11 nitrogen and oxygen atoms in total. The van der Waals surface area contributed by atoms with Crippen LogP contribution in [0.1, 0.15) is 25.3 Å². The monoisotopic (exact) mass is 450 g/mol. The molecule has 0 unspecified atom stereocenters. The second kappa shape index (κ2) is 14.0. The zero-order valence-corrected chi connectivity index (χ0v) is 17.6. The van der Waals surface area contributed by atoms with Crippen molar-refractivity contribution in [1.82, 2.24) is 10.0 Å². The lowest BCUT2D eigenvalue weighted by atomic mass is 10.0. The molecule has 0 bridgehead atoms. The van der Waals surface area contributed by atoms with Crippen molar-refractivity contribution in [3.63, 3.8) is 0 Å². The quantitative estimate of drug-likeness (QED) is 0.162. The van der Waals surface area contributed by atoms with Crippen LogP contribution in [0, 0.1) is 6.92 Å². The van der Waals surface area contributed by atoms with Crippen molar-refractivity contribution in [1.29, 1.82) is 0 Å². The second-order valence-electron chi connectivity index (χ2n) is 6.39. The smallest absolute Gasteiger partial charge is 0.328 e. The third-order valence-corrected chi connectivity index (χ3v) is 5.14. The van der Waals surface area contributed by atoms with E-state index in [-0.39, 0.29) is 11.2 Å². The topological polar surface area (TPSA) is 193 Å². The Morgan fingerprint density at radius 3 is 2.13 bits per heavy atom. The number of hydrogen-bond donors (Lipinski definition) is 7. The van der Waals surface area contributed by atoms with Crippen LogP contribution >= 0.6 is 0 Å². The van der Waals surface area contributed by atoms with Crippen molar-refractivity contribution in [2.75, 3.05) is 13.2 Å². The number of aliphatic hydroxyl groups excluding tert-OH is 5. The molecule has 0 saturated carbocycles. The van der Waals surface area contributed by atoms with E-state index in [1.807, 2.05) is 18.6 Å². The molecule has 2 amide bonds. The molecular formula is C18H30N2O9S. The van der Waals surface area contributed by atoms with E-state index in [1.165, 1.54) is 12.1 Å². The molecule has 172 valence electrons. The summed E-state index contributed by atoms with van der Waals surface area (Å²) >= 11 is 0. The molecule has 1 rings (SSSR count). The van der Waals surface area contributed by atoms with Crippen LogP contribution in [-0.4, -0.2) is 83.8 Å². The van der Waals surface area contributed by atoms with E-state index >= 15 is 0 Å². The maximum atomic E-state index is 11.8. The fourth-order valence-electron chi connectivity index (χ4n) is 1.93. The Bertz CT molecular complexity index is 741. The molecule has 0 radical (unpaired) electrons. The first-order valence-corrected chi connectivity index (χ1v) is 10.6. The van der Waals surface area contributed by atoms with Crippen LogP contribution in [0.25, 0.3) is 0 Å². The molecule has 0 aliphatic heterocycles. The molecule has 1 aromatic carbocycles. The van der Waals surface area contributed by atoms with Crippen LogP contribution < -0.4 is 10.0 Å². The summed E-state index contributed by atoms with van der Waals surface area (Å²) in [7, 11) is -3.78. The van der Waals surface area contributed by atoms with Crippen molar-refractivity contribution in [3.8, 4) is 0 Å². The number of unbranched alkanes of at least 4 members (excludes halogenated alkanes) is 1. The highest BCUT2D eigenvalue weighted by Crippen LogP contribution is 2.09. The molecule has 7 N–H and O–H groups in total. The van der Waals surface area contributed by atoms with Crippen molar-refractivity contribution < 1.29 is 43.5 Å². The van der Waals surface area contributed by atoms with Crippen LogP contribution in [0.5, 0.6) is 0 Å². The summed E-state index contributed by atoms with van der Waals surface area (Å²) in [5, 5.41) is 46.0. The first-order chi connectivity index (χ1) is 14.0. The number of aldehydes is 1. The van der Waals surface area contributed by atoms with Gasteiger partial charge in [-0.1, -0.05) is 31.0 Å². The third kappa shape index (κ3) is 10.1. The summed E-state index contributed by atoms with van der Waals surface area (Å²) in [5.41, 5.74) is 0.960. The SMILES string of the molecule is CCCCNC(=O)NS(=O)(=O)c1ccc(C)cc1.O=C[C@H](O)[C@@H](O)[C@H](O)[C@H](O)CO. The summed E-state index contributed by atoms with van der Waals surface area (Å²) in [6.07, 6.45) is -5.09. The molecule has 0 aromatic heterocycles. The van der Waals surface area contributed by atoms with E-state index in [9.17, 15) is 18.0 Å². The fraction of sp³-hybridized carbons (Fsp3) is 0.556. The van der Waals surface area contributed by atoms with Gasteiger partial charge in [-0.15, -0.1) is 0 Å². The molecule has 0 saturated heterocycles. The van der Waals surface area contributed by atoms with Crippen molar-refractivity contribution in [3.05, 3.63) is 29.8 Å². The maximum absolute atomic E-state index is 11.8. The van der Waals surface area contributed by atoms with Gasteiger partial charge in [0.2, 0.25) is 0 Å². The molecule has 0 aliphatic carbocycles. The van der Waals surface area contributed by atoms with Gasteiger partial charge in [-0.25, -0.2) is 17.9 Å². The molecule has 30 heavy (non-hydrogen) atoms. The van der Waals surface area contributed by atoms with Crippen molar-refractivity contribution in [2.24, 2.45) is 0 Å². The van der Waals surface area contributed by atoms with E-state index in [0.29, 0.717) is 6.54 Å². The number of carbonyl (C=O) groups is 2. The largest absolute Gasteiger partial charge is 0.394 e. The number of sulfonamides is 1. The van der Waals surface area contributed by atoms with Gasteiger partial charge in [0, 0.05) is 6.54 Å². The number of nitrogens with one attached hydrogen (secondary N) is 2. The molecule has 1 aromatic rings. The maximum Gasteiger partial charge on any atom is 0.328 e. The number of urea groups is 1. The molecular weight excluding hydrogens is 420 g/mol. The summed E-state index contributed by atoms with van der Waals surface area (Å²) in [6, 6.07) is 5.62. The average Bonchev–Trinajstić information content (AvgIpc) is 2.72. The van der Waals surface area contributed by atoms with E-state index in [0.717, 1.165) is 18.4 Å². The first kappa shape index (κ1) is 27.9. The number of aliphatic hydroxyl groups is 5. The van der Waals surface area contributed by atoms with Gasteiger partial charge in [0.25, 0.3) is 10.0 Å². The minimum atomic E-state index is -3.78. The third-order valence-electron chi connectivity index (χ3n) is 3.79.